The van der Waals surface area contributed by atoms with Gasteiger partial charge in [-0.15, -0.1) is 0 Å². The highest BCUT2D eigenvalue weighted by Gasteiger charge is 2.17. The number of hydrogen-bond donors (Lipinski definition) is 3. The number of carbonyl (C=O) groups excluding carboxylic acids is 2. The Kier molecular flexibility index (Phi) is 8.45. The van der Waals surface area contributed by atoms with Crippen LogP contribution in [0.15, 0.2) is 66.7 Å². The van der Waals surface area contributed by atoms with Crippen LogP contribution in [0.1, 0.15) is 26.3 Å². The van der Waals surface area contributed by atoms with Crippen LogP contribution >= 0.6 is 0 Å². The van der Waals surface area contributed by atoms with Crippen molar-refractivity contribution in [3.05, 3.63) is 83.4 Å². The second-order valence-corrected chi connectivity index (χ2v) is 9.47. The van der Waals surface area contributed by atoms with Crippen LogP contribution in [0, 0.1) is 0 Å². The second-order valence-electron chi connectivity index (χ2n) is 7.64. The first-order valence-corrected chi connectivity index (χ1v) is 12.6. The molecule has 3 N–H and O–H groups in total. The van der Waals surface area contributed by atoms with Gasteiger partial charge in [-0.05, 0) is 36.2 Å². The number of anilines is 2. The molecule has 0 aliphatic carbocycles. The number of carbonyl (C=O) groups is 2. The second kappa shape index (κ2) is 11.5. The summed E-state index contributed by atoms with van der Waals surface area (Å²) in [6.45, 7) is 0.272. The number of rotatable bonds is 10. The van der Waals surface area contributed by atoms with E-state index >= 15 is 0 Å². The maximum atomic E-state index is 12.8. The zero-order chi connectivity index (χ0) is 25.4. The minimum atomic E-state index is -3.25. The fraction of sp³-hybridized carbons (Fsp3) is 0.200. The van der Waals surface area contributed by atoms with Crippen molar-refractivity contribution in [3.63, 3.8) is 0 Å². The number of methoxy groups -OCH3 is 2. The molecule has 0 heterocycles. The largest absolute Gasteiger partial charge is 0.494 e. The van der Waals surface area contributed by atoms with Gasteiger partial charge in [-0.25, -0.2) is 13.1 Å². The summed E-state index contributed by atoms with van der Waals surface area (Å²) in [5.74, 6) is 0.00638. The molecule has 0 spiro atoms. The molecule has 0 unspecified atom stereocenters. The summed E-state index contributed by atoms with van der Waals surface area (Å²) in [6, 6.07) is 18.7. The number of benzene rings is 3. The molecule has 3 aromatic carbocycles. The molecule has 3 aromatic rings. The molecule has 0 saturated carbocycles. The Morgan fingerprint density at radius 3 is 1.71 bits per heavy atom. The van der Waals surface area contributed by atoms with Gasteiger partial charge in [0.2, 0.25) is 10.0 Å². The van der Waals surface area contributed by atoms with Gasteiger partial charge in [0.15, 0.2) is 0 Å². The maximum absolute atomic E-state index is 12.8. The molecule has 35 heavy (non-hydrogen) atoms. The number of amides is 2. The lowest BCUT2D eigenvalue weighted by atomic mass is 10.1. The first-order chi connectivity index (χ1) is 16.7. The van der Waals surface area contributed by atoms with Gasteiger partial charge in [-0.3, -0.25) is 9.59 Å². The molecule has 0 aromatic heterocycles. The van der Waals surface area contributed by atoms with Crippen molar-refractivity contribution in [1.82, 2.24) is 4.72 Å². The van der Waals surface area contributed by atoms with Crippen molar-refractivity contribution in [3.8, 4) is 11.5 Å². The molecule has 0 radical (unpaired) electrons. The molecule has 9 nitrogen and oxygen atoms in total. The quantitative estimate of drug-likeness (QED) is 0.395. The van der Waals surface area contributed by atoms with Crippen LogP contribution in [0.5, 0.6) is 11.5 Å². The van der Waals surface area contributed by atoms with Gasteiger partial charge in [-0.1, -0.05) is 30.3 Å². The topological polar surface area (TPSA) is 123 Å². The van der Waals surface area contributed by atoms with E-state index in [4.69, 9.17) is 9.47 Å². The van der Waals surface area contributed by atoms with Gasteiger partial charge in [0.25, 0.3) is 11.8 Å². The summed E-state index contributed by atoms with van der Waals surface area (Å²) in [5, 5.41) is 5.60. The lowest BCUT2D eigenvalue weighted by molar-refractivity contribution is 0.101. The van der Waals surface area contributed by atoms with Gasteiger partial charge < -0.3 is 20.1 Å². The molecule has 10 heteroatoms. The molecule has 0 atom stereocenters. The zero-order valence-corrected chi connectivity index (χ0v) is 20.4. The summed E-state index contributed by atoms with van der Waals surface area (Å²) in [4.78, 5) is 25.4. The van der Waals surface area contributed by atoms with Crippen LogP contribution in [-0.4, -0.2) is 47.3 Å². The van der Waals surface area contributed by atoms with Gasteiger partial charge in [0, 0.05) is 29.8 Å². The van der Waals surface area contributed by atoms with Crippen molar-refractivity contribution < 1.29 is 27.5 Å². The number of nitrogens with one attached hydrogen (secondary N) is 3. The highest BCUT2D eigenvalue weighted by atomic mass is 32.2. The van der Waals surface area contributed by atoms with Crippen molar-refractivity contribution in [2.45, 2.75) is 6.42 Å². The van der Waals surface area contributed by atoms with E-state index in [0.29, 0.717) is 40.4 Å². The van der Waals surface area contributed by atoms with Gasteiger partial charge >= 0.3 is 0 Å². The average molecular weight is 498 g/mol. The van der Waals surface area contributed by atoms with Crippen molar-refractivity contribution in [1.29, 1.82) is 0 Å². The standard InChI is InChI=1S/C25H27N3O6S/c1-33-22-16-21(23(34-2)15-20(22)27-24(29)18-7-5-4-6-8-18)28-25(30)19-11-9-17(10-12-19)13-14-26-35(3,31)32/h4-12,15-16,26H,13-14H2,1-3H3,(H,27,29)(H,28,30). The van der Waals surface area contributed by atoms with E-state index in [2.05, 4.69) is 15.4 Å². The SMILES string of the molecule is COc1cc(NC(=O)c2ccc(CCNS(C)(=O)=O)cc2)c(OC)cc1NC(=O)c1ccccc1. The molecular formula is C25H27N3O6S. The summed E-state index contributed by atoms with van der Waals surface area (Å²) in [5.41, 5.74) is 2.54. The van der Waals surface area contributed by atoms with Gasteiger partial charge in [0.1, 0.15) is 11.5 Å². The maximum Gasteiger partial charge on any atom is 0.255 e. The highest BCUT2D eigenvalue weighted by Crippen LogP contribution is 2.37. The van der Waals surface area contributed by atoms with Crippen LogP contribution < -0.4 is 24.8 Å². The third-order valence-electron chi connectivity index (χ3n) is 5.05. The van der Waals surface area contributed by atoms with Crippen molar-refractivity contribution >= 4 is 33.2 Å². The fourth-order valence-electron chi connectivity index (χ4n) is 3.28. The minimum absolute atomic E-state index is 0.272. The van der Waals surface area contributed by atoms with E-state index in [1.807, 2.05) is 6.07 Å². The number of hydrogen-bond acceptors (Lipinski definition) is 6. The summed E-state index contributed by atoms with van der Waals surface area (Å²) < 4.78 is 35.6. The van der Waals surface area contributed by atoms with E-state index in [9.17, 15) is 18.0 Å². The molecule has 0 fully saturated rings. The smallest absolute Gasteiger partial charge is 0.255 e. The first kappa shape index (κ1) is 25.7. The number of sulfonamides is 1. The molecule has 0 aliphatic rings. The van der Waals surface area contributed by atoms with Crippen molar-refractivity contribution in [2.24, 2.45) is 0 Å². The lowest BCUT2D eigenvalue weighted by Crippen LogP contribution is -2.24. The molecule has 3 rings (SSSR count). The van der Waals surface area contributed by atoms with Crippen LogP contribution in [0.4, 0.5) is 11.4 Å². The third-order valence-corrected chi connectivity index (χ3v) is 5.78. The molecule has 0 saturated heterocycles. The first-order valence-electron chi connectivity index (χ1n) is 10.7. The van der Waals surface area contributed by atoms with Crippen molar-refractivity contribution in [2.75, 3.05) is 37.7 Å². The highest BCUT2D eigenvalue weighted by molar-refractivity contribution is 7.88. The van der Waals surface area contributed by atoms with Crippen LogP contribution in [-0.2, 0) is 16.4 Å². The molecular weight excluding hydrogens is 470 g/mol. The van der Waals surface area contributed by atoms with Crippen LogP contribution in [0.2, 0.25) is 0 Å². The van der Waals surface area contributed by atoms with E-state index in [-0.39, 0.29) is 18.4 Å². The van der Waals surface area contributed by atoms with Gasteiger partial charge in [-0.2, -0.15) is 0 Å². The predicted octanol–water partition coefficient (Wildman–Crippen LogP) is 3.30. The Hall–Kier alpha value is -3.89. The summed E-state index contributed by atoms with van der Waals surface area (Å²) in [7, 11) is -0.327. The fourth-order valence-corrected chi connectivity index (χ4v) is 3.75. The van der Waals surface area contributed by atoms with Gasteiger partial charge in [0.05, 0.1) is 31.9 Å². The molecule has 0 bridgehead atoms. The third kappa shape index (κ3) is 7.29. The van der Waals surface area contributed by atoms with E-state index in [1.54, 1.807) is 60.7 Å². The number of ether oxygens (including phenoxy) is 2. The lowest BCUT2D eigenvalue weighted by Gasteiger charge is -2.16. The zero-order valence-electron chi connectivity index (χ0n) is 19.6. The predicted molar refractivity (Wildman–Crippen MR) is 135 cm³/mol. The molecule has 2 amide bonds. The Balaban J connectivity index is 1.73. The Bertz CT molecular complexity index is 1290. The minimum Gasteiger partial charge on any atom is -0.494 e. The monoisotopic (exact) mass is 497 g/mol. The van der Waals surface area contributed by atoms with E-state index in [0.717, 1.165) is 11.8 Å². The summed E-state index contributed by atoms with van der Waals surface area (Å²) in [6.07, 6.45) is 1.60. The normalized spacial score (nSPS) is 10.9. The average Bonchev–Trinajstić information content (AvgIpc) is 2.84. The van der Waals surface area contributed by atoms with E-state index < -0.39 is 10.0 Å². The van der Waals surface area contributed by atoms with Crippen LogP contribution in [0.3, 0.4) is 0 Å². The Labute approximate surface area is 204 Å². The molecule has 184 valence electrons. The van der Waals surface area contributed by atoms with E-state index in [1.165, 1.54) is 14.2 Å². The Morgan fingerprint density at radius 2 is 1.26 bits per heavy atom. The molecule has 0 aliphatic heterocycles. The van der Waals surface area contributed by atoms with Crippen LogP contribution in [0.25, 0.3) is 0 Å². The Morgan fingerprint density at radius 1 is 0.771 bits per heavy atom. The summed E-state index contributed by atoms with van der Waals surface area (Å²) >= 11 is 0.